The number of nitrogens with zero attached hydrogens (tertiary/aromatic N) is 6. The van der Waals surface area contributed by atoms with Crippen LogP contribution in [0.3, 0.4) is 0 Å². The summed E-state index contributed by atoms with van der Waals surface area (Å²) in [6.07, 6.45) is 7.34. The Bertz CT molecular complexity index is 1310. The summed E-state index contributed by atoms with van der Waals surface area (Å²) < 4.78 is 0. The van der Waals surface area contributed by atoms with E-state index < -0.39 is 0 Å². The van der Waals surface area contributed by atoms with Crippen molar-refractivity contribution in [2.75, 3.05) is 44.4 Å². The van der Waals surface area contributed by atoms with Crippen molar-refractivity contribution in [1.82, 2.24) is 24.8 Å². The molecule has 0 saturated carbocycles. The standard InChI is InChI=1S/C24H25N7OS/c1-25-24-29-12-22(33-24)17-6-16-7-18(27-11-20(16)28-10-17)9-21(32)15-4-5-26-23(8-15)31-13-19(14-31)30(2)3/h4-8,10-12,19H,9,13-14H2,1-3H3,(H,25,29). The molecule has 4 aromatic rings. The second kappa shape index (κ2) is 8.84. The van der Waals surface area contributed by atoms with Crippen molar-refractivity contribution >= 4 is 39.0 Å². The zero-order chi connectivity index (χ0) is 22.9. The zero-order valence-electron chi connectivity index (χ0n) is 18.8. The maximum Gasteiger partial charge on any atom is 0.182 e. The van der Waals surface area contributed by atoms with Crippen molar-refractivity contribution in [2.24, 2.45) is 0 Å². The molecule has 0 atom stereocenters. The van der Waals surface area contributed by atoms with Crippen molar-refractivity contribution in [2.45, 2.75) is 12.5 Å². The molecule has 0 aromatic carbocycles. The van der Waals surface area contributed by atoms with E-state index in [-0.39, 0.29) is 12.2 Å². The topological polar surface area (TPSA) is 87.1 Å². The second-order valence-corrected chi connectivity index (χ2v) is 9.43. The van der Waals surface area contributed by atoms with Crippen LogP contribution in [-0.2, 0) is 6.42 Å². The van der Waals surface area contributed by atoms with E-state index in [1.807, 2.05) is 31.6 Å². The van der Waals surface area contributed by atoms with E-state index in [0.29, 0.717) is 11.6 Å². The molecular weight excluding hydrogens is 434 g/mol. The lowest BCUT2D eigenvalue weighted by Gasteiger charge is -2.43. The number of nitrogens with one attached hydrogen (secondary N) is 1. The summed E-state index contributed by atoms with van der Waals surface area (Å²) in [5.74, 6) is 0.880. The van der Waals surface area contributed by atoms with Gasteiger partial charge in [-0.05, 0) is 38.4 Å². The van der Waals surface area contributed by atoms with Gasteiger partial charge in [-0.25, -0.2) is 9.97 Å². The Kier molecular flexibility index (Phi) is 5.74. The number of carbonyl (C=O) groups excluding carboxylic acids is 1. The van der Waals surface area contributed by atoms with Gasteiger partial charge in [0.05, 0.1) is 23.0 Å². The van der Waals surface area contributed by atoms with Gasteiger partial charge in [0.1, 0.15) is 5.82 Å². The third kappa shape index (κ3) is 4.42. The first-order valence-electron chi connectivity index (χ1n) is 10.8. The zero-order valence-corrected chi connectivity index (χ0v) is 19.6. The minimum atomic E-state index is 0.0282. The van der Waals surface area contributed by atoms with Gasteiger partial charge in [0.15, 0.2) is 10.9 Å². The molecule has 1 fully saturated rings. The quantitative estimate of drug-likeness (QED) is 0.421. The predicted molar refractivity (Wildman–Crippen MR) is 132 cm³/mol. The summed E-state index contributed by atoms with van der Waals surface area (Å²) in [5, 5.41) is 4.87. The number of anilines is 2. The fourth-order valence-corrected chi connectivity index (χ4v) is 4.58. The number of Topliss-reactive ketones (excluding diaryl/α,β-unsaturated/α-hetero) is 1. The molecule has 5 heterocycles. The first-order chi connectivity index (χ1) is 16.0. The van der Waals surface area contributed by atoms with Crippen molar-refractivity contribution in [3.63, 3.8) is 0 Å². The third-order valence-electron chi connectivity index (χ3n) is 5.95. The molecule has 168 valence electrons. The van der Waals surface area contributed by atoms with Crippen LogP contribution in [0.25, 0.3) is 21.3 Å². The van der Waals surface area contributed by atoms with E-state index in [1.165, 1.54) is 0 Å². The van der Waals surface area contributed by atoms with Crippen LogP contribution < -0.4 is 10.2 Å². The van der Waals surface area contributed by atoms with Gasteiger partial charge in [-0.3, -0.25) is 14.8 Å². The SMILES string of the molecule is CNc1ncc(-c2cnc3cnc(CC(=O)c4ccnc(N5CC(N(C)C)C5)c4)cc3c2)s1. The van der Waals surface area contributed by atoms with Crippen LogP contribution in [0.5, 0.6) is 0 Å². The molecule has 0 aliphatic carbocycles. The van der Waals surface area contributed by atoms with Crippen molar-refractivity contribution < 1.29 is 4.79 Å². The van der Waals surface area contributed by atoms with Crippen LogP contribution in [0.1, 0.15) is 16.1 Å². The van der Waals surface area contributed by atoms with Crippen LogP contribution in [0.2, 0.25) is 0 Å². The molecule has 1 aliphatic heterocycles. The van der Waals surface area contributed by atoms with E-state index in [0.717, 1.165) is 51.1 Å². The molecule has 4 aromatic heterocycles. The van der Waals surface area contributed by atoms with E-state index in [1.54, 1.807) is 29.8 Å². The molecule has 5 rings (SSSR count). The first kappa shape index (κ1) is 21.4. The fraction of sp³-hybridized carbons (Fsp3) is 0.292. The van der Waals surface area contributed by atoms with Crippen molar-refractivity contribution in [3.8, 4) is 10.4 Å². The highest BCUT2D eigenvalue weighted by Gasteiger charge is 2.29. The Morgan fingerprint density at radius 3 is 2.73 bits per heavy atom. The minimum absolute atomic E-state index is 0.0282. The van der Waals surface area contributed by atoms with Crippen LogP contribution in [0.15, 0.2) is 49.1 Å². The number of carbonyl (C=O) groups is 1. The molecule has 0 spiro atoms. The van der Waals surface area contributed by atoms with Gasteiger partial charge in [-0.1, -0.05) is 11.3 Å². The van der Waals surface area contributed by atoms with E-state index >= 15 is 0 Å². The summed E-state index contributed by atoms with van der Waals surface area (Å²) in [7, 11) is 6.02. The fourth-order valence-electron chi connectivity index (χ4n) is 3.83. The highest BCUT2D eigenvalue weighted by molar-refractivity contribution is 7.18. The number of rotatable bonds is 7. The number of thiazole rings is 1. The number of hydrogen-bond donors (Lipinski definition) is 1. The van der Waals surface area contributed by atoms with Gasteiger partial charge in [-0.2, -0.15) is 0 Å². The minimum Gasteiger partial charge on any atom is -0.365 e. The number of fused-ring (bicyclic) bond motifs is 1. The molecule has 0 unspecified atom stereocenters. The smallest absolute Gasteiger partial charge is 0.182 e. The third-order valence-corrected chi connectivity index (χ3v) is 7.02. The monoisotopic (exact) mass is 459 g/mol. The average molecular weight is 460 g/mol. The lowest BCUT2D eigenvalue weighted by molar-refractivity contribution is 0.0992. The first-order valence-corrected chi connectivity index (χ1v) is 11.6. The number of pyridine rings is 3. The summed E-state index contributed by atoms with van der Waals surface area (Å²) >= 11 is 1.57. The Morgan fingerprint density at radius 1 is 1.12 bits per heavy atom. The van der Waals surface area contributed by atoms with Crippen LogP contribution in [0.4, 0.5) is 10.9 Å². The van der Waals surface area contributed by atoms with Crippen molar-refractivity contribution in [3.05, 3.63) is 60.3 Å². The molecule has 0 bridgehead atoms. The van der Waals surface area contributed by atoms with Gasteiger partial charge in [0, 0.05) is 67.0 Å². The maximum absolute atomic E-state index is 13.0. The lowest BCUT2D eigenvalue weighted by Crippen LogP contribution is -2.57. The van der Waals surface area contributed by atoms with Crippen LogP contribution >= 0.6 is 11.3 Å². The van der Waals surface area contributed by atoms with E-state index in [4.69, 9.17) is 0 Å². The van der Waals surface area contributed by atoms with Crippen LogP contribution in [0, 0.1) is 0 Å². The Labute approximate surface area is 196 Å². The van der Waals surface area contributed by atoms with Gasteiger partial charge in [0.2, 0.25) is 0 Å². The number of ketones is 1. The van der Waals surface area contributed by atoms with Gasteiger partial charge < -0.3 is 15.1 Å². The van der Waals surface area contributed by atoms with E-state index in [2.05, 4.69) is 55.2 Å². The molecule has 9 heteroatoms. The summed E-state index contributed by atoms with van der Waals surface area (Å²) in [6.45, 7) is 1.85. The van der Waals surface area contributed by atoms with Gasteiger partial charge in [-0.15, -0.1) is 0 Å². The summed E-state index contributed by atoms with van der Waals surface area (Å²) in [5.41, 5.74) is 3.18. The highest BCUT2D eigenvalue weighted by atomic mass is 32.1. The Balaban J connectivity index is 1.33. The maximum atomic E-state index is 13.0. The number of likely N-dealkylation sites (N-methyl/N-ethyl adjacent to an activating group) is 1. The summed E-state index contributed by atoms with van der Waals surface area (Å²) in [4.78, 5) is 36.2. The van der Waals surface area contributed by atoms with E-state index in [9.17, 15) is 4.79 Å². The van der Waals surface area contributed by atoms with Crippen molar-refractivity contribution in [1.29, 1.82) is 0 Å². The van der Waals surface area contributed by atoms with Crippen LogP contribution in [-0.4, -0.2) is 70.9 Å². The molecule has 33 heavy (non-hydrogen) atoms. The average Bonchev–Trinajstić information content (AvgIpc) is 3.27. The molecule has 0 radical (unpaired) electrons. The Morgan fingerprint density at radius 2 is 1.97 bits per heavy atom. The molecular formula is C24H25N7OS. The molecule has 0 amide bonds. The second-order valence-electron chi connectivity index (χ2n) is 8.40. The molecule has 8 nitrogen and oxygen atoms in total. The summed E-state index contributed by atoms with van der Waals surface area (Å²) in [6, 6.07) is 8.21. The molecule has 1 saturated heterocycles. The number of aromatic nitrogens is 4. The Hall–Kier alpha value is -3.43. The van der Waals surface area contributed by atoms with Gasteiger partial charge in [0.25, 0.3) is 0 Å². The predicted octanol–water partition coefficient (Wildman–Crippen LogP) is 3.37. The normalized spacial score (nSPS) is 14.0. The highest BCUT2D eigenvalue weighted by Crippen LogP contribution is 2.30. The number of hydrogen-bond acceptors (Lipinski definition) is 9. The molecule has 1 aliphatic rings. The largest absolute Gasteiger partial charge is 0.365 e. The lowest BCUT2D eigenvalue weighted by atomic mass is 10.0. The van der Waals surface area contributed by atoms with Gasteiger partial charge >= 0.3 is 0 Å². The molecule has 1 N–H and O–H groups in total.